The molecular formula is C16H16BrF2NO. The minimum atomic E-state index is -0.763. The summed E-state index contributed by atoms with van der Waals surface area (Å²) in [5.74, 6) is -0.710. The van der Waals surface area contributed by atoms with E-state index in [9.17, 15) is 13.9 Å². The van der Waals surface area contributed by atoms with E-state index >= 15 is 0 Å². The molecule has 0 aliphatic carbocycles. The van der Waals surface area contributed by atoms with Gasteiger partial charge >= 0.3 is 0 Å². The zero-order valence-electron chi connectivity index (χ0n) is 11.3. The predicted molar refractivity (Wildman–Crippen MR) is 82.0 cm³/mol. The van der Waals surface area contributed by atoms with Crippen LogP contribution in [0.25, 0.3) is 0 Å². The topological polar surface area (TPSA) is 46.2 Å². The Morgan fingerprint density at radius 2 is 1.71 bits per heavy atom. The molecule has 2 rings (SSSR count). The summed E-state index contributed by atoms with van der Waals surface area (Å²) in [6, 6.07) is 10.4. The molecule has 0 saturated heterocycles. The number of nitrogens with two attached hydrogens (primary N) is 1. The van der Waals surface area contributed by atoms with Crippen molar-refractivity contribution in [3.05, 3.63) is 69.7 Å². The van der Waals surface area contributed by atoms with Crippen LogP contribution in [0.4, 0.5) is 8.78 Å². The highest BCUT2D eigenvalue weighted by atomic mass is 79.9. The van der Waals surface area contributed by atoms with Gasteiger partial charge in [-0.25, -0.2) is 8.78 Å². The van der Waals surface area contributed by atoms with E-state index in [1.165, 1.54) is 24.3 Å². The van der Waals surface area contributed by atoms with Crippen LogP contribution in [0.3, 0.4) is 0 Å². The van der Waals surface area contributed by atoms with Crippen molar-refractivity contribution in [1.29, 1.82) is 0 Å². The van der Waals surface area contributed by atoms with E-state index in [0.29, 0.717) is 16.5 Å². The van der Waals surface area contributed by atoms with Gasteiger partial charge in [-0.1, -0.05) is 28.1 Å². The van der Waals surface area contributed by atoms with Crippen LogP contribution in [-0.2, 0) is 11.8 Å². The van der Waals surface area contributed by atoms with Gasteiger partial charge in [0.1, 0.15) is 11.6 Å². The molecule has 2 aromatic carbocycles. The minimum absolute atomic E-state index is 0.170. The third-order valence-corrected chi connectivity index (χ3v) is 4.07. The average molecular weight is 356 g/mol. The number of aliphatic hydroxyl groups is 1. The van der Waals surface area contributed by atoms with Gasteiger partial charge in [0.25, 0.3) is 0 Å². The van der Waals surface area contributed by atoms with Crippen molar-refractivity contribution in [2.24, 2.45) is 5.73 Å². The highest BCUT2D eigenvalue weighted by Crippen LogP contribution is 2.29. The third kappa shape index (κ3) is 3.67. The summed E-state index contributed by atoms with van der Waals surface area (Å²) in [5.41, 5.74) is 6.53. The van der Waals surface area contributed by atoms with Crippen molar-refractivity contribution >= 4 is 15.9 Å². The average Bonchev–Trinajstić information content (AvgIpc) is 2.45. The Balaban J connectivity index is 2.40. The fourth-order valence-corrected chi connectivity index (χ4v) is 2.92. The molecule has 0 fully saturated rings. The number of rotatable bonds is 5. The van der Waals surface area contributed by atoms with Gasteiger partial charge in [0, 0.05) is 16.4 Å². The molecule has 0 radical (unpaired) electrons. The monoisotopic (exact) mass is 355 g/mol. The molecular weight excluding hydrogens is 340 g/mol. The first-order chi connectivity index (χ1) is 9.99. The summed E-state index contributed by atoms with van der Waals surface area (Å²) in [4.78, 5) is 0. The second kappa shape index (κ2) is 6.64. The molecule has 3 N–H and O–H groups in total. The molecule has 5 heteroatoms. The highest BCUT2D eigenvalue weighted by molar-refractivity contribution is 9.10. The van der Waals surface area contributed by atoms with Gasteiger partial charge in [0.2, 0.25) is 0 Å². The van der Waals surface area contributed by atoms with Crippen molar-refractivity contribution < 1.29 is 13.9 Å². The number of halogens is 3. The van der Waals surface area contributed by atoms with Crippen molar-refractivity contribution in [2.75, 3.05) is 13.2 Å². The molecule has 0 aliphatic heterocycles. The van der Waals surface area contributed by atoms with Gasteiger partial charge in [0.05, 0.1) is 6.61 Å². The van der Waals surface area contributed by atoms with E-state index in [2.05, 4.69) is 15.9 Å². The normalized spacial score (nSPS) is 14.0. The lowest BCUT2D eigenvalue weighted by Crippen LogP contribution is -2.41. The summed E-state index contributed by atoms with van der Waals surface area (Å²) in [6.07, 6.45) is 0.363. The van der Waals surface area contributed by atoms with Crippen LogP contribution in [-0.4, -0.2) is 18.3 Å². The molecule has 1 unspecified atom stereocenters. The van der Waals surface area contributed by atoms with E-state index in [0.717, 1.165) is 5.56 Å². The number of aliphatic hydroxyl groups excluding tert-OH is 1. The fraction of sp³-hybridized carbons (Fsp3) is 0.250. The van der Waals surface area contributed by atoms with E-state index in [1.54, 1.807) is 18.2 Å². The molecule has 112 valence electrons. The summed E-state index contributed by atoms with van der Waals surface area (Å²) in [6.45, 7) is -0.0352. The van der Waals surface area contributed by atoms with Crippen molar-refractivity contribution in [2.45, 2.75) is 11.8 Å². The van der Waals surface area contributed by atoms with Gasteiger partial charge < -0.3 is 10.8 Å². The zero-order chi connectivity index (χ0) is 15.5. The van der Waals surface area contributed by atoms with E-state index in [4.69, 9.17) is 5.73 Å². The Hall–Kier alpha value is -1.30. The van der Waals surface area contributed by atoms with Gasteiger partial charge in [-0.05, 0) is 47.9 Å². The highest BCUT2D eigenvalue weighted by Gasteiger charge is 2.30. The first-order valence-electron chi connectivity index (χ1n) is 6.51. The van der Waals surface area contributed by atoms with Crippen LogP contribution < -0.4 is 5.73 Å². The predicted octanol–water partition coefficient (Wildman–Crippen LogP) is 3.16. The molecule has 0 amide bonds. The Bertz CT molecular complexity index is 592. The molecule has 21 heavy (non-hydrogen) atoms. The maximum Gasteiger partial charge on any atom is 0.124 e. The van der Waals surface area contributed by atoms with Gasteiger partial charge in [0.15, 0.2) is 0 Å². The molecule has 0 saturated carbocycles. The lowest BCUT2D eigenvalue weighted by molar-refractivity contribution is 0.196. The van der Waals surface area contributed by atoms with Gasteiger partial charge in [-0.3, -0.25) is 0 Å². The zero-order valence-corrected chi connectivity index (χ0v) is 12.9. The Kier molecular flexibility index (Phi) is 5.08. The molecule has 0 aliphatic rings. The maximum absolute atomic E-state index is 13.5. The third-order valence-electron chi connectivity index (χ3n) is 3.61. The van der Waals surface area contributed by atoms with Crippen molar-refractivity contribution in [1.82, 2.24) is 0 Å². The van der Waals surface area contributed by atoms with E-state index in [-0.39, 0.29) is 24.8 Å². The molecule has 0 bridgehead atoms. The largest absolute Gasteiger partial charge is 0.395 e. The van der Waals surface area contributed by atoms with Gasteiger partial charge in [-0.2, -0.15) is 0 Å². The molecule has 2 aromatic rings. The van der Waals surface area contributed by atoms with Crippen molar-refractivity contribution in [3.8, 4) is 0 Å². The molecule has 0 spiro atoms. The summed E-state index contributed by atoms with van der Waals surface area (Å²) >= 11 is 3.25. The quantitative estimate of drug-likeness (QED) is 0.865. The van der Waals surface area contributed by atoms with Crippen LogP contribution in [0.2, 0.25) is 0 Å². The van der Waals surface area contributed by atoms with Crippen molar-refractivity contribution in [3.63, 3.8) is 0 Å². The van der Waals surface area contributed by atoms with Crippen LogP contribution in [0.1, 0.15) is 11.1 Å². The van der Waals surface area contributed by atoms with Gasteiger partial charge in [-0.15, -0.1) is 0 Å². The number of hydrogen-bond donors (Lipinski definition) is 2. The van der Waals surface area contributed by atoms with Crippen LogP contribution >= 0.6 is 15.9 Å². The lowest BCUT2D eigenvalue weighted by Gasteiger charge is -2.31. The number of benzene rings is 2. The maximum atomic E-state index is 13.5. The second-order valence-electron chi connectivity index (χ2n) is 5.10. The minimum Gasteiger partial charge on any atom is -0.395 e. The Morgan fingerprint density at radius 3 is 2.24 bits per heavy atom. The smallest absolute Gasteiger partial charge is 0.124 e. The first kappa shape index (κ1) is 16.1. The Labute approximate surface area is 130 Å². The SMILES string of the molecule is NCC(CO)(Cc1cc(F)cc(Br)c1)c1ccc(F)cc1. The summed E-state index contributed by atoms with van der Waals surface area (Å²) in [7, 11) is 0. The standard InChI is InChI=1S/C16H16BrF2NO/c17-13-5-11(6-15(19)7-13)8-16(9-20,10-21)12-1-3-14(18)4-2-12/h1-7,21H,8-10,20H2. The molecule has 0 heterocycles. The fourth-order valence-electron chi connectivity index (χ4n) is 2.41. The summed E-state index contributed by atoms with van der Waals surface area (Å²) in [5, 5.41) is 9.82. The molecule has 1 atom stereocenters. The Morgan fingerprint density at radius 1 is 1.05 bits per heavy atom. The first-order valence-corrected chi connectivity index (χ1v) is 7.30. The molecule has 2 nitrogen and oxygen atoms in total. The second-order valence-corrected chi connectivity index (χ2v) is 6.02. The summed E-state index contributed by atoms with van der Waals surface area (Å²) < 4.78 is 27.2. The van der Waals surface area contributed by atoms with Crippen LogP contribution in [0.5, 0.6) is 0 Å². The molecule has 0 aromatic heterocycles. The van der Waals surface area contributed by atoms with Crippen LogP contribution in [0.15, 0.2) is 46.9 Å². The van der Waals surface area contributed by atoms with Crippen LogP contribution in [0, 0.1) is 11.6 Å². The van der Waals surface area contributed by atoms with E-state index in [1.807, 2.05) is 0 Å². The number of hydrogen-bond acceptors (Lipinski definition) is 2. The lowest BCUT2D eigenvalue weighted by atomic mass is 9.76. The van der Waals surface area contributed by atoms with E-state index < -0.39 is 5.41 Å².